The molecule has 1 aromatic carbocycles. The summed E-state index contributed by atoms with van der Waals surface area (Å²) >= 11 is 0. The summed E-state index contributed by atoms with van der Waals surface area (Å²) in [6.07, 6.45) is 0.328. The fourth-order valence-corrected chi connectivity index (χ4v) is 1.70. The fourth-order valence-electron chi connectivity index (χ4n) is 1.70. The lowest BCUT2D eigenvalue weighted by atomic mass is 9.98. The van der Waals surface area contributed by atoms with Crippen LogP contribution in [0.3, 0.4) is 0 Å². The van der Waals surface area contributed by atoms with Gasteiger partial charge in [0.25, 0.3) is 0 Å². The van der Waals surface area contributed by atoms with Gasteiger partial charge in [0.05, 0.1) is 13.7 Å². The molecule has 14 heavy (non-hydrogen) atoms. The van der Waals surface area contributed by atoms with Gasteiger partial charge in [-0.3, -0.25) is 0 Å². The van der Waals surface area contributed by atoms with Gasteiger partial charge in [-0.1, -0.05) is 24.3 Å². The van der Waals surface area contributed by atoms with E-state index in [1.807, 2.05) is 24.3 Å². The molecule has 0 amide bonds. The second-order valence-electron chi connectivity index (χ2n) is 3.22. The molecule has 0 saturated heterocycles. The van der Waals surface area contributed by atoms with Crippen molar-refractivity contribution in [2.45, 2.75) is 12.5 Å². The van der Waals surface area contributed by atoms with Gasteiger partial charge in [-0.05, 0) is 17.5 Å². The molecule has 0 radical (unpaired) electrons. The lowest BCUT2D eigenvalue weighted by Gasteiger charge is -2.23. The van der Waals surface area contributed by atoms with Gasteiger partial charge in [-0.2, -0.15) is 0 Å². The molecule has 1 aliphatic rings. The van der Waals surface area contributed by atoms with Crippen molar-refractivity contribution in [3.63, 3.8) is 0 Å². The van der Waals surface area contributed by atoms with E-state index in [0.29, 0.717) is 6.61 Å². The minimum Gasteiger partial charge on any atom is -0.467 e. The Morgan fingerprint density at radius 1 is 1.50 bits per heavy atom. The Kier molecular flexibility index (Phi) is 2.50. The molecule has 0 bridgehead atoms. The number of fused-ring (bicyclic) bond motifs is 1. The monoisotopic (exact) mass is 192 g/mol. The molecule has 1 heterocycles. The van der Waals surface area contributed by atoms with Crippen LogP contribution in [-0.2, 0) is 20.7 Å². The zero-order valence-electron chi connectivity index (χ0n) is 8.03. The third kappa shape index (κ3) is 1.51. The number of esters is 1. The SMILES string of the molecule is COC(=O)[C@@H]1OCCc2ccccc21. The zero-order valence-corrected chi connectivity index (χ0v) is 8.03. The first kappa shape index (κ1) is 9.21. The number of ether oxygens (including phenoxy) is 2. The molecular weight excluding hydrogens is 180 g/mol. The number of carbonyl (C=O) groups excluding carboxylic acids is 1. The lowest BCUT2D eigenvalue weighted by molar-refractivity contribution is -0.155. The fraction of sp³-hybridized carbons (Fsp3) is 0.364. The summed E-state index contributed by atoms with van der Waals surface area (Å²) in [6, 6.07) is 7.81. The molecular formula is C11H12O3. The van der Waals surface area contributed by atoms with Crippen LogP contribution in [0.15, 0.2) is 24.3 Å². The number of rotatable bonds is 1. The summed E-state index contributed by atoms with van der Waals surface area (Å²) in [7, 11) is 1.38. The molecule has 1 aromatic rings. The van der Waals surface area contributed by atoms with E-state index in [1.54, 1.807) is 0 Å². The molecule has 0 aromatic heterocycles. The van der Waals surface area contributed by atoms with E-state index in [9.17, 15) is 4.79 Å². The second kappa shape index (κ2) is 3.80. The maximum Gasteiger partial charge on any atom is 0.339 e. The van der Waals surface area contributed by atoms with Crippen LogP contribution in [0.1, 0.15) is 17.2 Å². The summed E-state index contributed by atoms with van der Waals surface area (Å²) in [4.78, 5) is 11.4. The molecule has 0 fully saturated rings. The van der Waals surface area contributed by atoms with Crippen molar-refractivity contribution < 1.29 is 14.3 Å². The highest BCUT2D eigenvalue weighted by atomic mass is 16.6. The Morgan fingerprint density at radius 2 is 2.29 bits per heavy atom. The number of carbonyl (C=O) groups is 1. The van der Waals surface area contributed by atoms with Crippen molar-refractivity contribution >= 4 is 5.97 Å². The molecule has 2 rings (SSSR count). The minimum absolute atomic E-state index is 0.322. The Bertz CT molecular complexity index is 346. The topological polar surface area (TPSA) is 35.5 Å². The summed E-state index contributed by atoms with van der Waals surface area (Å²) in [6.45, 7) is 0.580. The Morgan fingerprint density at radius 3 is 3.07 bits per heavy atom. The average Bonchev–Trinajstić information content (AvgIpc) is 2.27. The van der Waals surface area contributed by atoms with Crippen LogP contribution < -0.4 is 0 Å². The van der Waals surface area contributed by atoms with E-state index in [4.69, 9.17) is 4.74 Å². The van der Waals surface area contributed by atoms with Crippen molar-refractivity contribution in [1.82, 2.24) is 0 Å². The van der Waals surface area contributed by atoms with Gasteiger partial charge in [0.1, 0.15) is 0 Å². The van der Waals surface area contributed by atoms with Gasteiger partial charge in [0.2, 0.25) is 0 Å². The van der Waals surface area contributed by atoms with Gasteiger partial charge < -0.3 is 9.47 Å². The van der Waals surface area contributed by atoms with Crippen molar-refractivity contribution in [2.24, 2.45) is 0 Å². The Balaban J connectivity index is 2.35. The van der Waals surface area contributed by atoms with Crippen molar-refractivity contribution in [3.05, 3.63) is 35.4 Å². The third-order valence-electron chi connectivity index (χ3n) is 2.41. The van der Waals surface area contributed by atoms with Gasteiger partial charge in [-0.25, -0.2) is 4.79 Å². The quantitative estimate of drug-likeness (QED) is 0.632. The van der Waals surface area contributed by atoms with Crippen LogP contribution in [0.2, 0.25) is 0 Å². The second-order valence-corrected chi connectivity index (χ2v) is 3.22. The minimum atomic E-state index is -0.537. The van der Waals surface area contributed by atoms with Crippen LogP contribution in [0.4, 0.5) is 0 Å². The van der Waals surface area contributed by atoms with Crippen molar-refractivity contribution in [3.8, 4) is 0 Å². The number of hydrogen-bond acceptors (Lipinski definition) is 3. The van der Waals surface area contributed by atoms with Crippen molar-refractivity contribution in [1.29, 1.82) is 0 Å². The Hall–Kier alpha value is -1.35. The predicted octanol–water partition coefficient (Wildman–Crippen LogP) is 1.47. The molecule has 1 aliphatic heterocycles. The van der Waals surface area contributed by atoms with Crippen LogP contribution in [-0.4, -0.2) is 19.7 Å². The highest BCUT2D eigenvalue weighted by Gasteiger charge is 2.27. The summed E-state index contributed by atoms with van der Waals surface area (Å²) in [5.74, 6) is -0.322. The van der Waals surface area contributed by atoms with Crippen LogP contribution in [0, 0.1) is 0 Å². The summed E-state index contributed by atoms with van der Waals surface area (Å²) in [5.41, 5.74) is 2.11. The average molecular weight is 192 g/mol. The third-order valence-corrected chi connectivity index (χ3v) is 2.41. The smallest absolute Gasteiger partial charge is 0.339 e. The molecule has 1 atom stereocenters. The first-order valence-corrected chi connectivity index (χ1v) is 4.60. The summed E-state index contributed by atoms with van der Waals surface area (Å²) in [5, 5.41) is 0. The highest BCUT2D eigenvalue weighted by molar-refractivity contribution is 5.77. The lowest BCUT2D eigenvalue weighted by Crippen LogP contribution is -2.24. The first-order chi connectivity index (χ1) is 6.83. The van der Waals surface area contributed by atoms with E-state index in [2.05, 4.69) is 4.74 Å². The number of methoxy groups -OCH3 is 1. The zero-order chi connectivity index (χ0) is 9.97. The van der Waals surface area contributed by atoms with E-state index < -0.39 is 6.10 Å². The molecule has 0 aliphatic carbocycles. The van der Waals surface area contributed by atoms with E-state index in [0.717, 1.165) is 12.0 Å². The van der Waals surface area contributed by atoms with E-state index in [-0.39, 0.29) is 5.97 Å². The van der Waals surface area contributed by atoms with Crippen LogP contribution in [0.5, 0.6) is 0 Å². The molecule has 0 N–H and O–H groups in total. The van der Waals surface area contributed by atoms with Crippen LogP contribution >= 0.6 is 0 Å². The standard InChI is InChI=1S/C11H12O3/c1-13-11(12)10-9-5-3-2-4-8(9)6-7-14-10/h2-5,10H,6-7H2,1H3/t10-/m1/s1. The highest BCUT2D eigenvalue weighted by Crippen LogP contribution is 2.27. The van der Waals surface area contributed by atoms with Crippen LogP contribution in [0.25, 0.3) is 0 Å². The van der Waals surface area contributed by atoms with Crippen molar-refractivity contribution in [2.75, 3.05) is 13.7 Å². The van der Waals surface area contributed by atoms with Gasteiger partial charge in [-0.15, -0.1) is 0 Å². The molecule has 0 spiro atoms. The number of hydrogen-bond donors (Lipinski definition) is 0. The van der Waals surface area contributed by atoms with Gasteiger partial charge in [0, 0.05) is 0 Å². The molecule has 3 nitrogen and oxygen atoms in total. The first-order valence-electron chi connectivity index (χ1n) is 4.60. The van der Waals surface area contributed by atoms with E-state index in [1.165, 1.54) is 12.7 Å². The normalized spacial score (nSPS) is 19.9. The molecule has 3 heteroatoms. The largest absolute Gasteiger partial charge is 0.467 e. The number of benzene rings is 1. The molecule has 0 unspecified atom stereocenters. The maximum absolute atomic E-state index is 11.4. The summed E-state index contributed by atoms with van der Waals surface area (Å²) < 4.78 is 10.1. The maximum atomic E-state index is 11.4. The van der Waals surface area contributed by atoms with Gasteiger partial charge in [0.15, 0.2) is 6.10 Å². The van der Waals surface area contributed by atoms with E-state index >= 15 is 0 Å². The molecule has 74 valence electrons. The molecule has 0 saturated carbocycles. The Labute approximate surface area is 82.6 Å². The van der Waals surface area contributed by atoms with Gasteiger partial charge >= 0.3 is 5.97 Å². The predicted molar refractivity (Wildman–Crippen MR) is 50.9 cm³/mol.